The molecule has 0 unspecified atom stereocenters. The molecule has 3 fully saturated rings. The standard InChI is InChI=1S/C28H53NO15Si/c1-6-45(7-2,8-3)10-9-39-26-17(29-14(5)32)25(44-27-22(37)20(35)18(33)13(4)40-27)24(16(12-31)42-26)43-28-23(38)21(36)19(34)15(11-30)41-28/h13,15-28,30-31,33-38H,6-12H2,1-5H3,(H,29,32)/t13-,15+,16+,17+,18+,19-,20+,21-,22-,23+,24+,25+,26+,27-,28-/m0/s1. The van der Waals surface area contributed by atoms with Gasteiger partial charge in [-0.2, -0.15) is 0 Å². The van der Waals surface area contributed by atoms with Crippen LogP contribution in [0.25, 0.3) is 0 Å². The quantitative estimate of drug-likeness (QED) is 0.0843. The molecular formula is C28H53NO15Si. The zero-order valence-electron chi connectivity index (χ0n) is 26.5. The van der Waals surface area contributed by atoms with Gasteiger partial charge in [-0.1, -0.05) is 38.9 Å². The Morgan fingerprint density at radius 3 is 1.76 bits per heavy atom. The zero-order valence-corrected chi connectivity index (χ0v) is 27.5. The number of amides is 1. The molecule has 0 saturated carbocycles. The fourth-order valence-electron chi connectivity index (χ4n) is 6.19. The second kappa shape index (κ2) is 17.0. The Morgan fingerprint density at radius 2 is 1.22 bits per heavy atom. The van der Waals surface area contributed by atoms with Crippen LogP contribution in [0.2, 0.25) is 24.2 Å². The topological polar surface area (TPSA) is 246 Å². The Labute approximate surface area is 264 Å². The summed E-state index contributed by atoms with van der Waals surface area (Å²) in [6, 6.07) is 2.78. The summed E-state index contributed by atoms with van der Waals surface area (Å²) in [5.41, 5.74) is 0. The minimum Gasteiger partial charge on any atom is -0.394 e. The van der Waals surface area contributed by atoms with Gasteiger partial charge >= 0.3 is 0 Å². The van der Waals surface area contributed by atoms with Crippen LogP contribution in [-0.4, -0.2) is 167 Å². The largest absolute Gasteiger partial charge is 0.394 e. The van der Waals surface area contributed by atoms with Gasteiger partial charge in [-0.3, -0.25) is 4.79 Å². The summed E-state index contributed by atoms with van der Waals surface area (Å²) in [6.07, 6.45) is -20.9. The second-order valence-electron chi connectivity index (χ2n) is 12.2. The van der Waals surface area contributed by atoms with Crippen LogP contribution in [0.1, 0.15) is 34.6 Å². The van der Waals surface area contributed by atoms with E-state index in [0.29, 0.717) is 0 Å². The Morgan fingerprint density at radius 1 is 0.711 bits per heavy atom. The number of hydrogen-bond acceptors (Lipinski definition) is 15. The first-order valence-electron chi connectivity index (χ1n) is 15.7. The summed E-state index contributed by atoms with van der Waals surface area (Å²) >= 11 is 0. The molecule has 0 aromatic rings. The summed E-state index contributed by atoms with van der Waals surface area (Å²) in [4.78, 5) is 12.5. The molecule has 3 aliphatic heterocycles. The minimum atomic E-state index is -1.82. The van der Waals surface area contributed by atoms with Gasteiger partial charge < -0.3 is 74.6 Å². The van der Waals surface area contributed by atoms with E-state index in [-0.39, 0.29) is 6.61 Å². The van der Waals surface area contributed by atoms with E-state index in [1.54, 1.807) is 0 Å². The predicted molar refractivity (Wildman–Crippen MR) is 157 cm³/mol. The van der Waals surface area contributed by atoms with E-state index in [4.69, 9.17) is 28.4 Å². The normalized spacial score (nSPS) is 42.8. The predicted octanol–water partition coefficient (Wildman–Crippen LogP) is -2.87. The third-order valence-corrected chi connectivity index (χ3v) is 15.4. The van der Waals surface area contributed by atoms with Gasteiger partial charge in [-0.15, -0.1) is 0 Å². The van der Waals surface area contributed by atoms with Gasteiger partial charge in [0.1, 0.15) is 67.1 Å². The summed E-state index contributed by atoms with van der Waals surface area (Å²) in [6.45, 7) is 8.05. The maximum Gasteiger partial charge on any atom is 0.217 e. The summed E-state index contributed by atoms with van der Waals surface area (Å²) in [7, 11) is -1.62. The van der Waals surface area contributed by atoms with Crippen LogP contribution in [0.5, 0.6) is 0 Å². The molecule has 17 heteroatoms. The van der Waals surface area contributed by atoms with E-state index in [9.17, 15) is 45.6 Å². The van der Waals surface area contributed by atoms with Crippen LogP contribution >= 0.6 is 0 Å². The van der Waals surface area contributed by atoms with Crippen molar-refractivity contribution >= 4 is 14.0 Å². The van der Waals surface area contributed by atoms with Gasteiger partial charge in [-0.25, -0.2) is 0 Å². The van der Waals surface area contributed by atoms with Crippen LogP contribution in [0.15, 0.2) is 0 Å². The van der Waals surface area contributed by atoms with Crippen molar-refractivity contribution in [3.63, 3.8) is 0 Å². The Bertz CT molecular complexity index is 907. The van der Waals surface area contributed by atoms with Crippen LogP contribution in [0.4, 0.5) is 0 Å². The molecule has 1 amide bonds. The molecule has 0 aromatic carbocycles. The number of aliphatic hydroxyl groups is 8. The van der Waals surface area contributed by atoms with E-state index in [2.05, 4.69) is 26.1 Å². The number of hydrogen-bond donors (Lipinski definition) is 9. The average molecular weight is 672 g/mol. The van der Waals surface area contributed by atoms with E-state index in [1.807, 2.05) is 0 Å². The Balaban J connectivity index is 1.98. The first kappa shape index (κ1) is 38.6. The molecule has 0 bridgehead atoms. The van der Waals surface area contributed by atoms with E-state index in [1.165, 1.54) is 13.8 Å². The van der Waals surface area contributed by atoms with Gasteiger partial charge in [0.2, 0.25) is 5.91 Å². The van der Waals surface area contributed by atoms with Crippen molar-refractivity contribution in [1.82, 2.24) is 5.32 Å². The first-order valence-corrected chi connectivity index (χ1v) is 18.6. The summed E-state index contributed by atoms with van der Waals surface area (Å²) in [5.74, 6) is -0.520. The molecule has 264 valence electrons. The molecule has 15 atom stereocenters. The molecular weight excluding hydrogens is 618 g/mol. The average Bonchev–Trinajstić information content (AvgIpc) is 3.02. The second-order valence-corrected chi connectivity index (χ2v) is 17.8. The van der Waals surface area contributed by atoms with Crippen molar-refractivity contribution in [3.8, 4) is 0 Å². The SMILES string of the molecule is CC[Si](CC)(CC)CCO[C@@H]1O[C@H](CO)[C@@H](O[C@@H]2O[C@H](CO)[C@H](O)[C@H](O)[C@H]2O)[C@H](O[C@@H]2O[C@@H](C)[C@@H](O)[C@@H](O)[C@@H]2O)[C@H]1NC(C)=O. The van der Waals surface area contributed by atoms with Crippen molar-refractivity contribution < 1.29 is 74.1 Å². The lowest BCUT2D eigenvalue weighted by Gasteiger charge is -2.50. The van der Waals surface area contributed by atoms with Gasteiger partial charge in [0, 0.05) is 13.5 Å². The highest BCUT2D eigenvalue weighted by Crippen LogP contribution is 2.34. The molecule has 16 nitrogen and oxygen atoms in total. The van der Waals surface area contributed by atoms with Crippen molar-refractivity contribution in [3.05, 3.63) is 0 Å². The highest BCUT2D eigenvalue weighted by atomic mass is 28.3. The lowest BCUT2D eigenvalue weighted by Crippen LogP contribution is -2.69. The van der Waals surface area contributed by atoms with Gasteiger partial charge in [0.25, 0.3) is 0 Å². The van der Waals surface area contributed by atoms with Gasteiger partial charge in [0.15, 0.2) is 18.9 Å². The van der Waals surface area contributed by atoms with Gasteiger partial charge in [-0.05, 0) is 13.0 Å². The maximum absolute atomic E-state index is 12.5. The Hall–Kier alpha value is -0.873. The number of carbonyl (C=O) groups is 1. The van der Waals surface area contributed by atoms with Crippen molar-refractivity contribution in [2.24, 2.45) is 0 Å². The molecule has 0 aromatic heterocycles. The molecule has 3 aliphatic rings. The van der Waals surface area contributed by atoms with E-state index in [0.717, 1.165) is 24.2 Å². The molecule has 9 N–H and O–H groups in total. The number of aliphatic hydroxyl groups excluding tert-OH is 8. The Kier molecular flexibility index (Phi) is 14.6. The first-order chi connectivity index (χ1) is 21.3. The fraction of sp³-hybridized carbons (Fsp3) is 0.964. The zero-order chi connectivity index (χ0) is 33.6. The number of nitrogens with one attached hydrogen (secondary N) is 1. The van der Waals surface area contributed by atoms with Gasteiger partial charge in [0.05, 0.1) is 27.4 Å². The lowest BCUT2D eigenvalue weighted by molar-refractivity contribution is -0.373. The summed E-state index contributed by atoms with van der Waals surface area (Å²) < 4.78 is 35.7. The number of rotatable bonds is 14. The molecule has 0 aliphatic carbocycles. The molecule has 0 radical (unpaired) electrons. The van der Waals surface area contributed by atoms with Crippen LogP contribution in [0, 0.1) is 0 Å². The van der Waals surface area contributed by atoms with Crippen LogP contribution in [0.3, 0.4) is 0 Å². The molecule has 0 spiro atoms. The highest BCUT2D eigenvalue weighted by Gasteiger charge is 2.54. The summed E-state index contributed by atoms with van der Waals surface area (Å²) in [5, 5.41) is 85.4. The third kappa shape index (κ3) is 8.78. The van der Waals surface area contributed by atoms with Crippen molar-refractivity contribution in [2.45, 2.75) is 151 Å². The number of carbonyl (C=O) groups excluding carboxylic acids is 1. The highest BCUT2D eigenvalue weighted by molar-refractivity contribution is 6.79. The van der Waals surface area contributed by atoms with Crippen molar-refractivity contribution in [2.75, 3.05) is 19.8 Å². The number of ether oxygens (including phenoxy) is 6. The fourth-order valence-corrected chi connectivity index (χ4v) is 9.31. The van der Waals surface area contributed by atoms with Crippen molar-refractivity contribution in [1.29, 1.82) is 0 Å². The van der Waals surface area contributed by atoms with Crippen LogP contribution < -0.4 is 5.32 Å². The third-order valence-electron chi connectivity index (χ3n) is 9.60. The molecule has 45 heavy (non-hydrogen) atoms. The lowest BCUT2D eigenvalue weighted by atomic mass is 9.94. The molecule has 3 saturated heterocycles. The van der Waals surface area contributed by atoms with E-state index < -0.39 is 119 Å². The smallest absolute Gasteiger partial charge is 0.217 e. The molecule has 3 rings (SSSR count). The van der Waals surface area contributed by atoms with E-state index >= 15 is 0 Å². The minimum absolute atomic E-state index is 0.274. The maximum atomic E-state index is 12.5. The van der Waals surface area contributed by atoms with Crippen LogP contribution in [-0.2, 0) is 33.2 Å². The monoisotopic (exact) mass is 671 g/mol. The molecule has 3 heterocycles.